The lowest BCUT2D eigenvalue weighted by Gasteiger charge is -2.25. The second-order valence-electron chi connectivity index (χ2n) is 10.9. The third-order valence-corrected chi connectivity index (χ3v) is 8.15. The van der Waals surface area contributed by atoms with E-state index >= 15 is 4.39 Å². The molecule has 2 atom stereocenters. The van der Waals surface area contributed by atoms with Gasteiger partial charge in [-0.25, -0.2) is 13.5 Å². The van der Waals surface area contributed by atoms with Gasteiger partial charge in [-0.3, -0.25) is 14.5 Å². The minimum absolute atomic E-state index is 0.0393. The highest BCUT2D eigenvalue weighted by Crippen LogP contribution is 2.48. The molecule has 0 unspecified atom stereocenters. The first-order chi connectivity index (χ1) is 18.6. The Morgan fingerprint density at radius 3 is 2.56 bits per heavy atom. The average molecular weight is 555 g/mol. The van der Waals surface area contributed by atoms with Crippen molar-refractivity contribution in [2.24, 2.45) is 0 Å². The van der Waals surface area contributed by atoms with Crippen molar-refractivity contribution in [2.45, 2.75) is 50.4 Å². The maximum Gasteiger partial charge on any atom is 0.240 e. The number of aromatic nitrogens is 2. The van der Waals surface area contributed by atoms with Gasteiger partial charge >= 0.3 is 0 Å². The number of carbonyl (C=O) groups excluding carboxylic acids is 2. The van der Waals surface area contributed by atoms with Crippen molar-refractivity contribution in [3.63, 3.8) is 0 Å². The molecule has 0 saturated carbocycles. The summed E-state index contributed by atoms with van der Waals surface area (Å²) in [6.45, 7) is 6.80. The molecule has 3 aromatic rings. The van der Waals surface area contributed by atoms with Gasteiger partial charge in [0.05, 0.1) is 28.5 Å². The van der Waals surface area contributed by atoms with Crippen LogP contribution in [0.15, 0.2) is 48.5 Å². The topological polar surface area (TPSA) is 76.5 Å². The molecular weight excluding hydrogens is 522 g/mol. The maximum absolute atomic E-state index is 15.2. The quantitative estimate of drug-likeness (QED) is 0.469. The van der Waals surface area contributed by atoms with Crippen molar-refractivity contribution >= 4 is 29.4 Å². The van der Waals surface area contributed by atoms with E-state index in [1.54, 1.807) is 35.0 Å². The van der Waals surface area contributed by atoms with Crippen LogP contribution in [0.5, 0.6) is 0 Å². The number of nitrogens with one attached hydrogen (secondary N) is 1. The molecule has 2 aliphatic heterocycles. The van der Waals surface area contributed by atoms with Gasteiger partial charge in [-0.15, -0.1) is 11.8 Å². The van der Waals surface area contributed by atoms with Crippen molar-refractivity contribution in [3.05, 3.63) is 77.0 Å². The molecule has 2 aromatic carbocycles. The summed E-state index contributed by atoms with van der Waals surface area (Å²) in [6, 6.07) is 12.3. The van der Waals surface area contributed by atoms with Crippen molar-refractivity contribution < 1.29 is 23.1 Å². The maximum atomic E-state index is 15.2. The molecular formula is C29H32F2N4O3S. The zero-order valence-corrected chi connectivity index (χ0v) is 23.1. The molecule has 0 aliphatic carbocycles. The van der Waals surface area contributed by atoms with Crippen LogP contribution in [-0.4, -0.2) is 53.1 Å². The SMILES string of the molecule is CC(C)(C)c1nn(-c2ccc(F)cc2)c2c1[C@H](c1ccccc1F)SCC(=O)N2CC(=O)NC[C@H]1CCCO1. The molecule has 0 radical (unpaired) electrons. The lowest BCUT2D eigenvalue weighted by Crippen LogP contribution is -2.44. The molecule has 39 heavy (non-hydrogen) atoms. The van der Waals surface area contributed by atoms with Crippen molar-refractivity contribution in [3.8, 4) is 5.69 Å². The number of halogens is 2. The van der Waals surface area contributed by atoms with Gasteiger partial charge in [-0.1, -0.05) is 39.0 Å². The van der Waals surface area contributed by atoms with Crippen LogP contribution in [-0.2, 0) is 19.7 Å². The Morgan fingerprint density at radius 1 is 1.15 bits per heavy atom. The van der Waals surface area contributed by atoms with Gasteiger partial charge in [0.25, 0.3) is 0 Å². The van der Waals surface area contributed by atoms with E-state index in [1.807, 2.05) is 20.8 Å². The van der Waals surface area contributed by atoms with E-state index < -0.39 is 16.5 Å². The minimum Gasteiger partial charge on any atom is -0.376 e. The summed E-state index contributed by atoms with van der Waals surface area (Å²) in [5.41, 5.74) is 1.81. The summed E-state index contributed by atoms with van der Waals surface area (Å²) in [5, 5.41) is 7.27. The first-order valence-electron chi connectivity index (χ1n) is 13.1. The molecule has 0 bridgehead atoms. The highest BCUT2D eigenvalue weighted by Gasteiger charge is 2.40. The van der Waals surface area contributed by atoms with Crippen LogP contribution in [0.3, 0.4) is 0 Å². The molecule has 0 spiro atoms. The van der Waals surface area contributed by atoms with E-state index in [-0.39, 0.29) is 36.0 Å². The van der Waals surface area contributed by atoms with Crippen LogP contribution in [0.1, 0.15) is 55.7 Å². The van der Waals surface area contributed by atoms with E-state index in [4.69, 9.17) is 9.84 Å². The van der Waals surface area contributed by atoms with E-state index in [2.05, 4.69) is 5.32 Å². The van der Waals surface area contributed by atoms with Crippen LogP contribution in [0.25, 0.3) is 5.69 Å². The third-order valence-electron chi connectivity index (χ3n) is 6.91. The van der Waals surface area contributed by atoms with E-state index in [0.717, 1.165) is 12.8 Å². The van der Waals surface area contributed by atoms with Gasteiger partial charge in [0.2, 0.25) is 11.8 Å². The van der Waals surface area contributed by atoms with Gasteiger partial charge < -0.3 is 10.1 Å². The average Bonchev–Trinajstić information content (AvgIpc) is 3.53. The standard InChI is InChI=1S/C29H32F2N4O3S/c1-29(2,3)27-25-26(21-8-4-5-9-22(21)31)39-17-24(37)34(16-23(36)32-15-20-7-6-14-38-20)28(25)35(33-27)19-12-10-18(30)11-13-19/h4-5,8-13,20,26H,6-7,14-17H2,1-3H3,(H,32,36)/t20-,26+/m1/s1. The van der Waals surface area contributed by atoms with Crippen LogP contribution in [0, 0.1) is 11.6 Å². The zero-order chi connectivity index (χ0) is 27.7. The number of hydrogen-bond donors (Lipinski definition) is 1. The molecule has 1 saturated heterocycles. The number of hydrogen-bond acceptors (Lipinski definition) is 5. The van der Waals surface area contributed by atoms with Crippen molar-refractivity contribution in [1.29, 1.82) is 0 Å². The van der Waals surface area contributed by atoms with Gasteiger partial charge in [-0.2, -0.15) is 5.10 Å². The van der Waals surface area contributed by atoms with Crippen LogP contribution in [0.2, 0.25) is 0 Å². The fourth-order valence-corrected chi connectivity index (χ4v) is 6.22. The third kappa shape index (κ3) is 5.72. The summed E-state index contributed by atoms with van der Waals surface area (Å²) in [5.74, 6) is -0.985. The second kappa shape index (κ2) is 11.1. The van der Waals surface area contributed by atoms with Crippen molar-refractivity contribution in [2.75, 3.05) is 30.3 Å². The largest absolute Gasteiger partial charge is 0.376 e. The Hall–Kier alpha value is -3.24. The first-order valence-corrected chi connectivity index (χ1v) is 14.1. The molecule has 1 aromatic heterocycles. The fraction of sp³-hybridized carbons (Fsp3) is 0.414. The molecule has 3 heterocycles. The highest BCUT2D eigenvalue weighted by atomic mass is 32.2. The monoisotopic (exact) mass is 554 g/mol. The lowest BCUT2D eigenvalue weighted by atomic mass is 9.87. The number of anilines is 1. The molecule has 10 heteroatoms. The van der Waals surface area contributed by atoms with Crippen LogP contribution in [0.4, 0.5) is 14.6 Å². The molecule has 7 nitrogen and oxygen atoms in total. The van der Waals surface area contributed by atoms with E-state index in [1.165, 1.54) is 34.9 Å². The van der Waals surface area contributed by atoms with Gasteiger partial charge in [-0.05, 0) is 43.2 Å². The first kappa shape index (κ1) is 27.3. The summed E-state index contributed by atoms with van der Waals surface area (Å²) in [7, 11) is 0. The summed E-state index contributed by atoms with van der Waals surface area (Å²) < 4.78 is 36.2. The molecule has 5 rings (SSSR count). The summed E-state index contributed by atoms with van der Waals surface area (Å²) >= 11 is 1.31. The number of nitrogens with zero attached hydrogens (tertiary/aromatic N) is 3. The van der Waals surface area contributed by atoms with Gasteiger partial charge in [0.15, 0.2) is 0 Å². The van der Waals surface area contributed by atoms with Crippen molar-refractivity contribution in [1.82, 2.24) is 15.1 Å². The lowest BCUT2D eigenvalue weighted by molar-refractivity contribution is -0.123. The van der Waals surface area contributed by atoms with Crippen LogP contribution >= 0.6 is 11.8 Å². The summed E-state index contributed by atoms with van der Waals surface area (Å²) in [6.07, 6.45) is 1.79. The predicted octanol–water partition coefficient (Wildman–Crippen LogP) is 4.91. The predicted molar refractivity (Wildman–Crippen MR) is 147 cm³/mol. The molecule has 206 valence electrons. The normalized spacial score (nSPS) is 19.6. The Morgan fingerprint density at radius 2 is 1.90 bits per heavy atom. The fourth-order valence-electron chi connectivity index (χ4n) is 5.00. The van der Waals surface area contributed by atoms with Gasteiger partial charge in [0, 0.05) is 29.7 Å². The number of carbonyl (C=O) groups is 2. The Balaban J connectivity index is 1.66. The summed E-state index contributed by atoms with van der Waals surface area (Å²) in [4.78, 5) is 28.2. The molecule has 1 N–H and O–H groups in total. The number of thioether (sulfide) groups is 1. The molecule has 1 fully saturated rings. The Labute approximate surface area is 230 Å². The second-order valence-corrected chi connectivity index (χ2v) is 11.9. The Kier molecular flexibility index (Phi) is 7.77. The number of benzene rings is 2. The van der Waals surface area contributed by atoms with E-state index in [9.17, 15) is 14.0 Å². The number of rotatable bonds is 6. The highest BCUT2D eigenvalue weighted by molar-refractivity contribution is 8.00. The Bertz CT molecular complexity index is 1360. The molecule has 2 amide bonds. The minimum atomic E-state index is -0.548. The zero-order valence-electron chi connectivity index (χ0n) is 22.2. The molecule has 2 aliphatic rings. The van der Waals surface area contributed by atoms with E-state index in [0.29, 0.717) is 41.5 Å². The van der Waals surface area contributed by atoms with Gasteiger partial charge in [0.1, 0.15) is 24.0 Å². The number of fused-ring (bicyclic) bond motifs is 1. The smallest absolute Gasteiger partial charge is 0.240 e. The number of ether oxygens (including phenoxy) is 1. The van der Waals surface area contributed by atoms with Crippen LogP contribution < -0.4 is 10.2 Å². The number of amides is 2.